The molecular weight excluding hydrogens is 1710 g/mol. The standard InChI is InChI=1S/2C44H28N4.C39H28N5/c1-3-14-29(15-4-1)43-44(46-38-23-10-9-22-37(38)45-43)30-16-13-19-32(26-30)48-40-25-12-8-21-34(40)36-27-35-33-20-7-11-24-39(33)47(41(35)28-42(36)48)31-17-5-2-6-18-31;1-3-13-29(14-4-1)43-44(46-38-20-10-9-19-37(38)45-43)30-23-25-32(26-24-30)48-40-22-12-8-18-34(40)36-27-35-33-17-7-11-21-39(33)47(41(35)28-42(36)48)31-15-5-2-6-16-31;1-4-14-29(15-5-1)40-26-41(30-16-6-2-7-17-30)28-42(27-40)44-35-23-13-11-21-33(35)39-37(44)25-24-36-38(39)32-20-10-12-22-34(32)43(36)31-18-8-3-9-19-31/h2*1-28H;1-28H/q;;+3. The molecule has 13 nitrogen and oxygen atoms in total. The van der Waals surface area contributed by atoms with Gasteiger partial charge >= 0.3 is 19.0 Å². The molecule has 0 saturated carbocycles. The van der Waals surface area contributed by atoms with Crippen LogP contribution >= 0.6 is 0 Å². The van der Waals surface area contributed by atoms with Crippen molar-refractivity contribution in [2.24, 2.45) is 0 Å². The Kier molecular flexibility index (Phi) is 19.3. The molecular formula is C127H84N13+3. The Balaban J connectivity index is 0.000000106. The summed E-state index contributed by atoms with van der Waals surface area (Å²) in [6, 6.07) is 174. The Morgan fingerprint density at radius 3 is 0.829 bits per heavy atom. The number of aromatic nitrogens is 13. The van der Waals surface area contributed by atoms with Crippen LogP contribution in [0.4, 0.5) is 0 Å². The van der Waals surface area contributed by atoms with Crippen LogP contribution in [0.5, 0.6) is 0 Å². The quantitative estimate of drug-likeness (QED) is 0.114. The van der Waals surface area contributed by atoms with Crippen molar-refractivity contribution in [1.82, 2.24) is 47.4 Å². The molecule has 9 aromatic heterocycles. The second-order valence-electron chi connectivity index (χ2n) is 35.6. The van der Waals surface area contributed by atoms with Crippen LogP contribution in [-0.4, -0.2) is 47.4 Å². The molecule has 654 valence electrons. The molecule has 0 saturated heterocycles. The summed E-state index contributed by atoms with van der Waals surface area (Å²) in [6.45, 7) is 0. The lowest BCUT2D eigenvalue weighted by molar-refractivity contribution is -0.901. The fourth-order valence-corrected chi connectivity index (χ4v) is 21.3. The second kappa shape index (κ2) is 33.5. The first kappa shape index (κ1) is 80.5. The summed E-state index contributed by atoms with van der Waals surface area (Å²) in [4.78, 5) is 20.6. The van der Waals surface area contributed by atoms with Gasteiger partial charge in [0.05, 0.1) is 100 Å². The lowest BCUT2D eigenvalue weighted by Gasteiger charge is -2.13. The van der Waals surface area contributed by atoms with E-state index in [0.29, 0.717) is 0 Å². The zero-order valence-electron chi connectivity index (χ0n) is 75.8. The lowest BCUT2D eigenvalue weighted by atomic mass is 10.0. The van der Waals surface area contributed by atoms with Gasteiger partial charge in [0.2, 0.25) is 11.4 Å². The molecule has 20 aromatic carbocycles. The summed E-state index contributed by atoms with van der Waals surface area (Å²) in [7, 11) is 0. The van der Waals surface area contributed by atoms with Gasteiger partial charge in [0.25, 0.3) is 0 Å². The number of para-hydroxylation sites is 15. The molecule has 9 heterocycles. The summed E-state index contributed by atoms with van der Waals surface area (Å²) in [5.74, 6) is 0. The average Bonchev–Trinajstić information content (AvgIpc) is 1.55. The summed E-state index contributed by atoms with van der Waals surface area (Å²) in [5, 5.41) is 14.9. The van der Waals surface area contributed by atoms with Crippen LogP contribution in [0.15, 0.2) is 510 Å². The maximum atomic E-state index is 5.20. The minimum Gasteiger partial charge on any atom is -0.309 e. The highest BCUT2D eigenvalue weighted by Gasteiger charge is 2.31. The summed E-state index contributed by atoms with van der Waals surface area (Å²) in [5.41, 5.74) is 33.2. The predicted molar refractivity (Wildman–Crippen MR) is 572 cm³/mol. The highest BCUT2D eigenvalue weighted by Crippen LogP contribution is 2.46. The molecule has 29 aromatic rings. The molecule has 0 bridgehead atoms. The minimum absolute atomic E-state index is 0.870. The van der Waals surface area contributed by atoms with Crippen molar-refractivity contribution >= 4 is 153 Å². The van der Waals surface area contributed by atoms with E-state index in [1.54, 1.807) is 0 Å². The predicted octanol–water partition coefficient (Wildman–Crippen LogP) is 29.4. The molecule has 140 heavy (non-hydrogen) atoms. The Morgan fingerprint density at radius 2 is 0.429 bits per heavy atom. The Hall–Kier alpha value is -19.1. The van der Waals surface area contributed by atoms with Gasteiger partial charge in [0.1, 0.15) is 11.0 Å². The number of hydrogen-bond donors (Lipinski definition) is 0. The number of benzene rings is 20. The molecule has 29 rings (SSSR count). The van der Waals surface area contributed by atoms with Crippen LogP contribution in [-0.2, 0) is 0 Å². The monoisotopic (exact) mass is 1790 g/mol. The molecule has 0 unspecified atom stereocenters. The van der Waals surface area contributed by atoms with Gasteiger partial charge in [0, 0.05) is 144 Å². The molecule has 0 aliphatic carbocycles. The van der Waals surface area contributed by atoms with E-state index >= 15 is 0 Å². The molecule has 0 aliphatic rings. The van der Waals surface area contributed by atoms with Crippen LogP contribution in [0, 0.1) is 0 Å². The number of fused-ring (bicyclic) bond motifs is 21. The van der Waals surface area contributed by atoms with E-state index in [0.717, 1.165) is 123 Å². The van der Waals surface area contributed by atoms with Gasteiger partial charge < -0.3 is 22.8 Å². The SMILES string of the molecule is c1ccc(-c2nc3ccccc3nc2-c2ccc(-n3c4ccccc4c4cc5c6ccccc6n(-c6ccccc6)c5cc43)cc2)cc1.c1ccc(-c2nc3ccccc3nc2-c2cccc(-n3c4ccccc4c4cc5c6ccccc6n(-c6ccccc6)c5cc43)c2)cc1.c1ccc(-n2c3ccccc3c3c4c5ccccc5n(-[n+]5c[n+](-c6ccccc6)c[n+](-c6ccccc6)c5)c4ccc32)cc1. The topological polar surface area (TPSA) is 92.8 Å². The van der Waals surface area contributed by atoms with E-state index in [1.165, 1.54) is 114 Å². The minimum atomic E-state index is 0.870. The molecule has 0 radical (unpaired) electrons. The molecule has 0 N–H and O–H groups in total. The third kappa shape index (κ3) is 13.5. The van der Waals surface area contributed by atoms with E-state index in [9.17, 15) is 0 Å². The van der Waals surface area contributed by atoms with Crippen LogP contribution in [0.3, 0.4) is 0 Å². The molecule has 0 amide bonds. The number of hydrogen-bond acceptors (Lipinski definition) is 4. The zero-order valence-corrected chi connectivity index (χ0v) is 75.8. The van der Waals surface area contributed by atoms with Crippen molar-refractivity contribution < 1.29 is 13.8 Å². The molecule has 0 fully saturated rings. The van der Waals surface area contributed by atoms with E-state index in [2.05, 4.69) is 491 Å². The maximum absolute atomic E-state index is 5.20. The van der Waals surface area contributed by atoms with Gasteiger partial charge in [-0.25, -0.2) is 19.9 Å². The summed E-state index contributed by atoms with van der Waals surface area (Å²) >= 11 is 0. The van der Waals surface area contributed by atoms with Crippen molar-refractivity contribution in [3.63, 3.8) is 0 Å². The van der Waals surface area contributed by atoms with Crippen LogP contribution in [0.2, 0.25) is 0 Å². The van der Waals surface area contributed by atoms with Gasteiger partial charge in [-0.2, -0.15) is 0 Å². The fraction of sp³-hybridized carbons (Fsp3) is 0. The third-order valence-electron chi connectivity index (χ3n) is 27.5. The van der Waals surface area contributed by atoms with Crippen molar-refractivity contribution in [3.8, 4) is 84.8 Å². The van der Waals surface area contributed by atoms with Gasteiger partial charge in [0.15, 0.2) is 0 Å². The van der Waals surface area contributed by atoms with Crippen molar-refractivity contribution in [2.75, 3.05) is 0 Å². The average molecular weight is 1790 g/mol. The first-order chi connectivity index (χ1) is 69.5. The normalized spacial score (nSPS) is 11.7. The lowest BCUT2D eigenvalue weighted by Crippen LogP contribution is -2.58. The van der Waals surface area contributed by atoms with E-state index in [1.807, 2.05) is 60.7 Å². The summed E-state index contributed by atoms with van der Waals surface area (Å²) < 4.78 is 20.8. The Bertz CT molecular complexity index is 9850. The highest BCUT2D eigenvalue weighted by molar-refractivity contribution is 6.29. The Labute approximate surface area is 803 Å². The maximum Gasteiger partial charge on any atom is 0.452 e. The van der Waals surface area contributed by atoms with Crippen molar-refractivity contribution in [1.29, 1.82) is 0 Å². The smallest absolute Gasteiger partial charge is 0.309 e. The van der Waals surface area contributed by atoms with Gasteiger partial charge in [-0.05, 0) is 167 Å². The number of rotatable bonds is 12. The molecule has 0 spiro atoms. The fourth-order valence-electron chi connectivity index (χ4n) is 21.3. The van der Waals surface area contributed by atoms with Crippen LogP contribution in [0.1, 0.15) is 0 Å². The van der Waals surface area contributed by atoms with E-state index in [-0.39, 0.29) is 0 Å². The summed E-state index contributed by atoms with van der Waals surface area (Å²) in [6.07, 6.45) is 6.43. The van der Waals surface area contributed by atoms with Crippen LogP contribution in [0.25, 0.3) is 238 Å². The van der Waals surface area contributed by atoms with E-state index < -0.39 is 0 Å². The largest absolute Gasteiger partial charge is 0.452 e. The molecule has 0 aliphatic heterocycles. The van der Waals surface area contributed by atoms with Crippen molar-refractivity contribution in [2.45, 2.75) is 0 Å². The first-order valence-corrected chi connectivity index (χ1v) is 47.4. The van der Waals surface area contributed by atoms with Crippen LogP contribution < -0.4 is 13.8 Å². The highest BCUT2D eigenvalue weighted by atomic mass is 15.5. The van der Waals surface area contributed by atoms with Crippen molar-refractivity contribution in [3.05, 3.63) is 510 Å². The second-order valence-corrected chi connectivity index (χ2v) is 35.6. The van der Waals surface area contributed by atoms with Gasteiger partial charge in [-0.1, -0.05) is 309 Å². The van der Waals surface area contributed by atoms with E-state index in [4.69, 9.17) is 19.9 Å². The van der Waals surface area contributed by atoms with Gasteiger partial charge in [-0.15, -0.1) is 4.68 Å². The number of nitrogens with zero attached hydrogens (tertiary/aromatic N) is 13. The third-order valence-corrected chi connectivity index (χ3v) is 27.5. The zero-order chi connectivity index (χ0) is 92.2. The first-order valence-electron chi connectivity index (χ1n) is 47.4. The van der Waals surface area contributed by atoms with Gasteiger partial charge in [-0.3, -0.25) is 0 Å². The Morgan fingerprint density at radius 1 is 0.157 bits per heavy atom. The molecule has 0 atom stereocenters. The molecule has 13 heteroatoms.